The Morgan fingerprint density at radius 1 is 1.38 bits per heavy atom. The average Bonchev–Trinajstić information content (AvgIpc) is 2.64. The lowest BCUT2D eigenvalue weighted by Gasteiger charge is -2.25. The number of carbonyl (C=O) groups excluding carboxylic acids is 2. The third-order valence-corrected chi connectivity index (χ3v) is 4.44. The van der Waals surface area contributed by atoms with Crippen LogP contribution < -0.4 is 0 Å². The molecule has 1 heterocycles. The number of carbonyl (C=O) groups is 2. The van der Waals surface area contributed by atoms with Gasteiger partial charge in [-0.15, -0.1) is 0 Å². The summed E-state index contributed by atoms with van der Waals surface area (Å²) in [4.78, 5) is 23.2. The van der Waals surface area contributed by atoms with Gasteiger partial charge in [0.1, 0.15) is 12.2 Å². The topological polar surface area (TPSA) is 52.6 Å². The van der Waals surface area contributed by atoms with E-state index in [1.165, 1.54) is 12.5 Å². The third-order valence-electron chi connectivity index (χ3n) is 4.44. The third kappa shape index (κ3) is 3.74. The Hall–Kier alpha value is -1.58. The van der Waals surface area contributed by atoms with E-state index in [9.17, 15) is 9.59 Å². The molecule has 4 atom stereocenters. The molecular weight excluding hydrogens is 268 g/mol. The molecule has 1 fully saturated rings. The lowest BCUT2D eigenvalue weighted by atomic mass is 9.83. The van der Waals surface area contributed by atoms with Crippen molar-refractivity contribution in [2.45, 2.75) is 59.2 Å². The van der Waals surface area contributed by atoms with Crippen molar-refractivity contribution < 1.29 is 19.1 Å². The first-order valence-corrected chi connectivity index (χ1v) is 7.60. The fraction of sp³-hybridized carbons (Fsp3) is 0.647. The van der Waals surface area contributed by atoms with Gasteiger partial charge in [0, 0.05) is 12.8 Å². The molecule has 4 heteroatoms. The Balaban J connectivity index is 2.29. The molecule has 0 N–H and O–H groups in total. The molecule has 1 aliphatic heterocycles. The zero-order valence-corrected chi connectivity index (χ0v) is 13.2. The summed E-state index contributed by atoms with van der Waals surface area (Å²) in [6.07, 6.45) is 6.20. The van der Waals surface area contributed by atoms with E-state index in [0.717, 1.165) is 18.4 Å². The van der Waals surface area contributed by atoms with Crippen molar-refractivity contribution in [1.29, 1.82) is 0 Å². The van der Waals surface area contributed by atoms with Gasteiger partial charge in [0.25, 0.3) is 0 Å². The minimum absolute atomic E-state index is 0.0539. The van der Waals surface area contributed by atoms with E-state index in [4.69, 9.17) is 9.47 Å². The fourth-order valence-corrected chi connectivity index (χ4v) is 3.08. The Labute approximate surface area is 126 Å². The van der Waals surface area contributed by atoms with Gasteiger partial charge in [-0.3, -0.25) is 9.59 Å². The number of hydrogen-bond donors (Lipinski definition) is 0. The van der Waals surface area contributed by atoms with E-state index >= 15 is 0 Å². The molecule has 2 aliphatic rings. The van der Waals surface area contributed by atoms with Crippen LogP contribution >= 0.6 is 0 Å². The second-order valence-corrected chi connectivity index (χ2v) is 6.19. The first-order valence-electron chi connectivity index (χ1n) is 7.60. The summed E-state index contributed by atoms with van der Waals surface area (Å²) in [5.41, 5.74) is 2.30. The van der Waals surface area contributed by atoms with Gasteiger partial charge in [-0.25, -0.2) is 0 Å². The van der Waals surface area contributed by atoms with Crippen LogP contribution in [0.15, 0.2) is 23.3 Å². The average molecular weight is 292 g/mol. The molecule has 1 aliphatic carbocycles. The number of fused-ring (bicyclic) bond motifs is 1. The molecule has 21 heavy (non-hydrogen) atoms. The molecule has 0 radical (unpaired) electrons. The number of esters is 2. The maximum Gasteiger partial charge on any atom is 0.309 e. The van der Waals surface area contributed by atoms with Crippen LogP contribution in [-0.4, -0.2) is 24.1 Å². The Bertz CT molecular complexity index is 489. The largest absolute Gasteiger partial charge is 0.458 e. The molecule has 0 aromatic rings. The Morgan fingerprint density at radius 3 is 2.76 bits per heavy atom. The number of rotatable bonds is 1. The molecule has 4 nitrogen and oxygen atoms in total. The van der Waals surface area contributed by atoms with Crippen molar-refractivity contribution in [2.75, 3.05) is 0 Å². The lowest BCUT2D eigenvalue weighted by Crippen LogP contribution is -2.28. The van der Waals surface area contributed by atoms with Crippen molar-refractivity contribution in [3.63, 3.8) is 0 Å². The van der Waals surface area contributed by atoms with Crippen molar-refractivity contribution in [3.05, 3.63) is 23.3 Å². The number of ether oxygens (including phenoxy) is 2. The maximum absolute atomic E-state index is 11.9. The zero-order valence-electron chi connectivity index (χ0n) is 13.2. The first-order chi connectivity index (χ1) is 9.88. The van der Waals surface area contributed by atoms with Crippen LogP contribution in [0.25, 0.3) is 0 Å². The van der Waals surface area contributed by atoms with E-state index in [-0.39, 0.29) is 36.0 Å². The van der Waals surface area contributed by atoms with Crippen LogP contribution in [0.4, 0.5) is 0 Å². The minimum Gasteiger partial charge on any atom is -0.458 e. The molecule has 0 amide bonds. The molecule has 0 bridgehead atoms. The molecule has 116 valence electrons. The molecule has 1 saturated heterocycles. The van der Waals surface area contributed by atoms with Gasteiger partial charge in [0.05, 0.1) is 5.92 Å². The summed E-state index contributed by atoms with van der Waals surface area (Å²) < 4.78 is 11.0. The summed E-state index contributed by atoms with van der Waals surface area (Å²) >= 11 is 0. The second-order valence-electron chi connectivity index (χ2n) is 6.19. The van der Waals surface area contributed by atoms with E-state index in [1.54, 1.807) is 0 Å². The monoisotopic (exact) mass is 292 g/mol. The quantitative estimate of drug-likeness (QED) is 0.550. The normalized spacial score (nSPS) is 35.9. The highest BCUT2D eigenvalue weighted by molar-refractivity contribution is 5.75. The van der Waals surface area contributed by atoms with Gasteiger partial charge in [-0.2, -0.15) is 0 Å². The van der Waals surface area contributed by atoms with E-state index in [0.29, 0.717) is 6.42 Å². The number of hydrogen-bond acceptors (Lipinski definition) is 4. The van der Waals surface area contributed by atoms with E-state index < -0.39 is 0 Å². The Morgan fingerprint density at radius 2 is 2.10 bits per heavy atom. The zero-order chi connectivity index (χ0) is 15.6. The van der Waals surface area contributed by atoms with E-state index in [1.807, 2.05) is 13.8 Å². The first kappa shape index (κ1) is 15.8. The Kier molecular flexibility index (Phi) is 4.86. The molecule has 2 rings (SSSR count). The summed E-state index contributed by atoms with van der Waals surface area (Å²) in [7, 11) is 0. The second kappa shape index (κ2) is 6.46. The molecule has 0 aromatic heterocycles. The minimum atomic E-state index is -0.286. The van der Waals surface area contributed by atoms with Crippen LogP contribution in [0, 0.1) is 11.8 Å². The van der Waals surface area contributed by atoms with Crippen LogP contribution in [-0.2, 0) is 19.1 Å². The van der Waals surface area contributed by atoms with Gasteiger partial charge >= 0.3 is 11.9 Å². The maximum atomic E-state index is 11.9. The summed E-state index contributed by atoms with van der Waals surface area (Å²) in [5.74, 6) is -0.551. The van der Waals surface area contributed by atoms with Crippen LogP contribution in [0.1, 0.15) is 47.0 Å². The van der Waals surface area contributed by atoms with Crippen molar-refractivity contribution in [1.82, 2.24) is 0 Å². The van der Waals surface area contributed by atoms with Crippen molar-refractivity contribution in [2.24, 2.45) is 11.8 Å². The van der Waals surface area contributed by atoms with Gasteiger partial charge in [-0.05, 0) is 44.8 Å². The van der Waals surface area contributed by atoms with Crippen molar-refractivity contribution >= 4 is 11.9 Å². The van der Waals surface area contributed by atoms with E-state index in [2.05, 4.69) is 19.1 Å². The van der Waals surface area contributed by atoms with Crippen molar-refractivity contribution in [3.8, 4) is 0 Å². The molecule has 0 saturated carbocycles. The molecular formula is C17H24O4. The highest BCUT2D eigenvalue weighted by Gasteiger charge is 2.42. The van der Waals surface area contributed by atoms with Gasteiger partial charge in [0.15, 0.2) is 0 Å². The number of allylic oxidation sites excluding steroid dienone is 2. The predicted molar refractivity (Wildman–Crippen MR) is 79.5 cm³/mol. The van der Waals surface area contributed by atoms with Crippen LogP contribution in [0.2, 0.25) is 0 Å². The summed E-state index contributed by atoms with van der Waals surface area (Å²) in [6, 6.07) is 0. The predicted octanol–water partition coefficient (Wildman–Crippen LogP) is 3.17. The van der Waals surface area contributed by atoms with Gasteiger partial charge in [0.2, 0.25) is 0 Å². The van der Waals surface area contributed by atoms with Crippen LogP contribution in [0.3, 0.4) is 0 Å². The summed E-state index contributed by atoms with van der Waals surface area (Å²) in [5, 5.41) is 0. The molecule has 0 unspecified atom stereocenters. The van der Waals surface area contributed by atoms with Crippen LogP contribution in [0.5, 0.6) is 0 Å². The van der Waals surface area contributed by atoms with Gasteiger partial charge in [-0.1, -0.05) is 18.6 Å². The highest BCUT2D eigenvalue weighted by Crippen LogP contribution is 2.36. The summed E-state index contributed by atoms with van der Waals surface area (Å²) in [6.45, 7) is 7.38. The SMILES string of the molecule is CC(=O)O[C@@H]1C[C@@H]2[C@H](/C=C(\C)CCC=C1C)OC(=O)[C@H]2C. The molecule has 0 aromatic carbocycles. The lowest BCUT2D eigenvalue weighted by molar-refractivity contribution is -0.145. The molecule has 0 spiro atoms. The highest BCUT2D eigenvalue weighted by atomic mass is 16.6. The smallest absolute Gasteiger partial charge is 0.309 e. The van der Waals surface area contributed by atoms with Gasteiger partial charge < -0.3 is 9.47 Å². The standard InChI is InChI=1S/C17H24O4/c1-10-6-5-7-11(2)15(20-13(4)18)9-14-12(3)17(19)21-16(14)8-10/h7-8,12,14-16H,5-6,9H2,1-4H3/b10-8+,11-7?/t12-,14-,15+,16-/m0/s1. The fourth-order valence-electron chi connectivity index (χ4n) is 3.08.